The molecule has 11 nitrogen and oxygen atoms in total. The van der Waals surface area contributed by atoms with E-state index in [0.29, 0.717) is 34.2 Å². The molecule has 3 aromatic carbocycles. The lowest BCUT2D eigenvalue weighted by atomic mass is 10.2. The Morgan fingerprint density at radius 1 is 0.816 bits per heavy atom. The number of benzene rings is 3. The van der Waals surface area contributed by atoms with E-state index in [1.165, 1.54) is 13.3 Å². The molecule has 0 saturated carbocycles. The van der Waals surface area contributed by atoms with Gasteiger partial charge >= 0.3 is 11.8 Å². The van der Waals surface area contributed by atoms with Crippen LogP contribution in [0, 0.1) is 0 Å². The van der Waals surface area contributed by atoms with Crippen molar-refractivity contribution in [3.05, 3.63) is 77.9 Å². The monoisotopic (exact) mass is 520 g/mol. The lowest BCUT2D eigenvalue weighted by molar-refractivity contribution is -0.139. The smallest absolute Gasteiger partial charge is 0.329 e. The maximum atomic E-state index is 12.2. The minimum atomic E-state index is -0.913. The summed E-state index contributed by atoms with van der Waals surface area (Å²) in [5.41, 5.74) is 4.12. The fourth-order valence-corrected chi connectivity index (χ4v) is 3.15. The van der Waals surface area contributed by atoms with Crippen molar-refractivity contribution in [2.24, 2.45) is 5.10 Å². The molecule has 0 aliphatic carbocycles. The van der Waals surface area contributed by atoms with Crippen LogP contribution >= 0.6 is 0 Å². The average Bonchev–Trinajstić information content (AvgIpc) is 2.95. The number of hydrogen-bond donors (Lipinski definition) is 3. The van der Waals surface area contributed by atoms with Crippen LogP contribution in [0.3, 0.4) is 0 Å². The van der Waals surface area contributed by atoms with Crippen LogP contribution in [-0.2, 0) is 20.9 Å². The predicted octanol–water partition coefficient (Wildman–Crippen LogP) is 2.50. The van der Waals surface area contributed by atoms with Crippen LogP contribution in [0.25, 0.3) is 0 Å². The van der Waals surface area contributed by atoms with E-state index in [0.717, 1.165) is 5.56 Å². The second-order valence-electron chi connectivity index (χ2n) is 7.71. The van der Waals surface area contributed by atoms with Crippen LogP contribution in [0.5, 0.6) is 23.0 Å². The van der Waals surface area contributed by atoms with Gasteiger partial charge in [0.25, 0.3) is 5.91 Å². The van der Waals surface area contributed by atoms with E-state index in [-0.39, 0.29) is 19.1 Å². The largest absolute Gasteiger partial charge is 0.497 e. The molecule has 0 atom stereocenters. The van der Waals surface area contributed by atoms with Crippen molar-refractivity contribution in [2.45, 2.75) is 6.54 Å². The molecule has 3 N–H and O–H groups in total. The molecule has 11 heteroatoms. The quantitative estimate of drug-likeness (QED) is 0.201. The third-order valence-electron chi connectivity index (χ3n) is 5.10. The predicted molar refractivity (Wildman–Crippen MR) is 141 cm³/mol. The minimum Gasteiger partial charge on any atom is -0.497 e. The summed E-state index contributed by atoms with van der Waals surface area (Å²) in [6, 6.07) is 18.9. The molecule has 0 bridgehead atoms. The molecule has 0 aliphatic heterocycles. The van der Waals surface area contributed by atoms with E-state index in [4.69, 9.17) is 18.9 Å². The van der Waals surface area contributed by atoms with Crippen LogP contribution in [0.4, 0.5) is 5.69 Å². The maximum absolute atomic E-state index is 12.2. The van der Waals surface area contributed by atoms with Crippen molar-refractivity contribution in [1.82, 2.24) is 10.7 Å². The van der Waals surface area contributed by atoms with Crippen molar-refractivity contribution >= 4 is 29.6 Å². The number of amides is 3. The summed E-state index contributed by atoms with van der Waals surface area (Å²) in [5.74, 6) is -0.0976. The molecule has 0 heterocycles. The molecule has 0 saturated heterocycles. The Kier molecular flexibility index (Phi) is 10.1. The van der Waals surface area contributed by atoms with E-state index < -0.39 is 11.8 Å². The third kappa shape index (κ3) is 8.26. The van der Waals surface area contributed by atoms with Gasteiger partial charge in [-0.15, -0.1) is 0 Å². The first-order valence-corrected chi connectivity index (χ1v) is 11.4. The topological polar surface area (TPSA) is 137 Å². The molecule has 3 amide bonds. The molecule has 198 valence electrons. The number of nitrogens with zero attached hydrogens (tertiary/aromatic N) is 1. The molecular weight excluding hydrogens is 492 g/mol. The highest BCUT2D eigenvalue weighted by molar-refractivity contribution is 6.35. The van der Waals surface area contributed by atoms with E-state index in [9.17, 15) is 14.4 Å². The lowest BCUT2D eigenvalue weighted by Gasteiger charge is -2.12. The van der Waals surface area contributed by atoms with Crippen molar-refractivity contribution in [3.63, 3.8) is 0 Å². The van der Waals surface area contributed by atoms with Gasteiger partial charge in [-0.1, -0.05) is 18.2 Å². The number of methoxy groups -OCH3 is 3. The first kappa shape index (κ1) is 27.5. The van der Waals surface area contributed by atoms with Gasteiger partial charge in [0, 0.05) is 18.3 Å². The van der Waals surface area contributed by atoms with Gasteiger partial charge in [-0.2, -0.15) is 5.10 Å². The molecule has 0 unspecified atom stereocenters. The highest BCUT2D eigenvalue weighted by atomic mass is 16.5. The molecule has 3 rings (SSSR count). The van der Waals surface area contributed by atoms with Crippen LogP contribution in [0.15, 0.2) is 71.8 Å². The Bertz CT molecular complexity index is 1290. The lowest BCUT2D eigenvalue weighted by Crippen LogP contribution is -2.37. The molecule has 0 spiro atoms. The highest BCUT2D eigenvalue weighted by Crippen LogP contribution is 2.27. The number of carbonyl (C=O) groups is 3. The molecule has 38 heavy (non-hydrogen) atoms. The van der Waals surface area contributed by atoms with Crippen molar-refractivity contribution in [3.8, 4) is 23.0 Å². The Balaban J connectivity index is 1.48. The fraction of sp³-hybridized carbons (Fsp3) is 0.185. The van der Waals surface area contributed by atoms with E-state index in [2.05, 4.69) is 21.2 Å². The van der Waals surface area contributed by atoms with Gasteiger partial charge in [-0.3, -0.25) is 14.4 Å². The second-order valence-corrected chi connectivity index (χ2v) is 7.71. The standard InChI is InChI=1S/C27H28N4O7/c1-35-21-10-7-18(8-11-21)15-28-26(33)27(34)31-29-16-19-9-12-23(24(13-19)37-3)38-17-25(32)30-20-5-4-6-22(14-20)36-2/h4-14,16H,15,17H2,1-3H3,(H,28,33)(H,30,32)(H,31,34)/b29-16-. The number of rotatable bonds is 11. The molecule has 0 radical (unpaired) electrons. The van der Waals surface area contributed by atoms with Gasteiger partial charge in [0.05, 0.1) is 27.5 Å². The number of carbonyl (C=O) groups excluding carboxylic acids is 3. The van der Waals surface area contributed by atoms with Gasteiger partial charge in [-0.25, -0.2) is 5.43 Å². The first-order valence-electron chi connectivity index (χ1n) is 11.4. The van der Waals surface area contributed by atoms with E-state index >= 15 is 0 Å². The van der Waals surface area contributed by atoms with Gasteiger partial charge in [0.2, 0.25) is 0 Å². The summed E-state index contributed by atoms with van der Waals surface area (Å²) in [4.78, 5) is 36.3. The maximum Gasteiger partial charge on any atom is 0.329 e. The second kappa shape index (κ2) is 13.9. The molecule has 0 aromatic heterocycles. The van der Waals surface area contributed by atoms with E-state index in [1.54, 1.807) is 80.9 Å². The number of anilines is 1. The van der Waals surface area contributed by atoms with Crippen molar-refractivity contribution in [1.29, 1.82) is 0 Å². The van der Waals surface area contributed by atoms with Gasteiger partial charge in [-0.05, 0) is 53.6 Å². The Morgan fingerprint density at radius 2 is 1.58 bits per heavy atom. The van der Waals surface area contributed by atoms with Crippen LogP contribution < -0.4 is 35.0 Å². The molecule has 0 fully saturated rings. The van der Waals surface area contributed by atoms with Crippen LogP contribution in [0.1, 0.15) is 11.1 Å². The third-order valence-corrected chi connectivity index (χ3v) is 5.10. The summed E-state index contributed by atoms with van der Waals surface area (Å²) >= 11 is 0. The Morgan fingerprint density at radius 3 is 2.29 bits per heavy atom. The molecular formula is C27H28N4O7. The van der Waals surface area contributed by atoms with Crippen molar-refractivity contribution < 1.29 is 33.3 Å². The summed E-state index contributed by atoms with van der Waals surface area (Å²) in [5, 5.41) is 9.04. The van der Waals surface area contributed by atoms with Gasteiger partial charge < -0.3 is 29.6 Å². The Labute approximate surface area is 219 Å². The Hall–Kier alpha value is -5.06. The summed E-state index contributed by atoms with van der Waals surface area (Å²) < 4.78 is 21.1. The van der Waals surface area contributed by atoms with E-state index in [1.807, 2.05) is 0 Å². The zero-order chi connectivity index (χ0) is 27.3. The summed E-state index contributed by atoms with van der Waals surface area (Å²) in [7, 11) is 4.56. The average molecular weight is 521 g/mol. The van der Waals surface area contributed by atoms with Crippen LogP contribution in [-0.4, -0.2) is 51.9 Å². The number of ether oxygens (including phenoxy) is 4. The minimum absolute atomic E-state index is 0.177. The number of hydrogen-bond acceptors (Lipinski definition) is 8. The highest BCUT2D eigenvalue weighted by Gasteiger charge is 2.13. The van der Waals surface area contributed by atoms with Crippen LogP contribution in [0.2, 0.25) is 0 Å². The zero-order valence-corrected chi connectivity index (χ0v) is 21.1. The number of nitrogens with one attached hydrogen (secondary N) is 3. The van der Waals surface area contributed by atoms with Crippen molar-refractivity contribution in [2.75, 3.05) is 33.3 Å². The number of hydrazone groups is 1. The molecule has 3 aromatic rings. The fourth-order valence-electron chi connectivity index (χ4n) is 3.15. The summed E-state index contributed by atoms with van der Waals surface area (Å²) in [6.45, 7) is -0.0705. The zero-order valence-electron chi connectivity index (χ0n) is 21.1. The SMILES string of the molecule is COc1ccc(CNC(=O)C(=O)N/N=C\c2ccc(OCC(=O)Nc3cccc(OC)c3)c(OC)c2)cc1. The van der Waals surface area contributed by atoms with Gasteiger partial charge in [0.15, 0.2) is 18.1 Å². The van der Waals surface area contributed by atoms with Gasteiger partial charge in [0.1, 0.15) is 11.5 Å². The molecule has 0 aliphatic rings. The summed E-state index contributed by atoms with van der Waals surface area (Å²) in [6.07, 6.45) is 1.34. The normalized spacial score (nSPS) is 10.4. The first-order chi connectivity index (χ1) is 18.4.